The number of unbranched alkanes of at least 4 members (excludes halogenated alkanes) is 2. The predicted octanol–water partition coefficient (Wildman–Crippen LogP) is 5.19. The molecule has 0 amide bonds. The first-order valence-electron chi connectivity index (χ1n) is 7.90. The molecule has 2 heteroatoms. The molecule has 3 aromatic rings. The van der Waals surface area contributed by atoms with Crippen molar-refractivity contribution in [3.63, 3.8) is 0 Å². The van der Waals surface area contributed by atoms with Gasteiger partial charge in [-0.2, -0.15) is 0 Å². The van der Waals surface area contributed by atoms with Crippen LogP contribution in [-0.4, -0.2) is 0 Å². The van der Waals surface area contributed by atoms with Gasteiger partial charge in [-0.3, -0.25) is 4.79 Å². The van der Waals surface area contributed by atoms with E-state index in [-0.39, 0.29) is 5.43 Å². The van der Waals surface area contributed by atoms with Crippen molar-refractivity contribution in [2.45, 2.75) is 32.6 Å². The molecule has 0 atom stereocenters. The molecule has 0 aliphatic carbocycles. The van der Waals surface area contributed by atoms with Gasteiger partial charge in [-0.1, -0.05) is 56.2 Å². The van der Waals surface area contributed by atoms with Crippen molar-refractivity contribution in [2.75, 3.05) is 0 Å². The van der Waals surface area contributed by atoms with Crippen molar-refractivity contribution in [3.8, 4) is 11.3 Å². The molecule has 0 saturated carbocycles. The van der Waals surface area contributed by atoms with E-state index in [1.807, 2.05) is 30.3 Å². The standard InChI is InChI=1S/C20H20O2/c1-2-3-4-7-15-10-12-16(13-11-15)20-14-18(21)17-8-5-6-9-19(17)22-20/h5-6,8-14H,2-4,7H2,1H3. The Balaban J connectivity index is 1.89. The summed E-state index contributed by atoms with van der Waals surface area (Å²) >= 11 is 0. The van der Waals surface area contributed by atoms with Gasteiger partial charge in [0.25, 0.3) is 0 Å². The quantitative estimate of drug-likeness (QED) is 0.605. The molecule has 0 radical (unpaired) electrons. The first-order chi connectivity index (χ1) is 10.8. The van der Waals surface area contributed by atoms with E-state index in [0.717, 1.165) is 12.0 Å². The minimum atomic E-state index is 0.00359. The van der Waals surface area contributed by atoms with Gasteiger partial charge in [-0.05, 0) is 30.5 Å². The molecule has 22 heavy (non-hydrogen) atoms. The summed E-state index contributed by atoms with van der Waals surface area (Å²) in [6, 6.07) is 17.3. The van der Waals surface area contributed by atoms with Gasteiger partial charge >= 0.3 is 0 Å². The van der Waals surface area contributed by atoms with Crippen molar-refractivity contribution in [3.05, 3.63) is 70.4 Å². The van der Waals surface area contributed by atoms with Crippen LogP contribution in [0, 0.1) is 0 Å². The lowest BCUT2D eigenvalue weighted by Gasteiger charge is -2.05. The van der Waals surface area contributed by atoms with Gasteiger partial charge in [-0.25, -0.2) is 0 Å². The highest BCUT2D eigenvalue weighted by Gasteiger charge is 2.06. The van der Waals surface area contributed by atoms with Gasteiger partial charge in [0.2, 0.25) is 0 Å². The third-order valence-electron chi connectivity index (χ3n) is 3.94. The summed E-state index contributed by atoms with van der Waals surface area (Å²) in [5.41, 5.74) is 2.92. The number of rotatable bonds is 5. The highest BCUT2D eigenvalue weighted by molar-refractivity contribution is 5.78. The van der Waals surface area contributed by atoms with Crippen LogP contribution >= 0.6 is 0 Å². The van der Waals surface area contributed by atoms with E-state index in [0.29, 0.717) is 16.7 Å². The molecule has 0 bridgehead atoms. The summed E-state index contributed by atoms with van der Waals surface area (Å²) in [5, 5.41) is 0.627. The topological polar surface area (TPSA) is 30.2 Å². The Bertz CT molecular complexity index is 813. The molecule has 0 saturated heterocycles. The Morgan fingerprint density at radius 1 is 0.955 bits per heavy atom. The summed E-state index contributed by atoms with van der Waals surface area (Å²) in [4.78, 5) is 12.2. The summed E-state index contributed by atoms with van der Waals surface area (Å²) < 4.78 is 5.87. The maximum Gasteiger partial charge on any atom is 0.193 e. The van der Waals surface area contributed by atoms with E-state index < -0.39 is 0 Å². The van der Waals surface area contributed by atoms with E-state index >= 15 is 0 Å². The average Bonchev–Trinajstić information content (AvgIpc) is 2.56. The monoisotopic (exact) mass is 292 g/mol. The smallest absolute Gasteiger partial charge is 0.193 e. The van der Waals surface area contributed by atoms with Crippen LogP contribution in [0.4, 0.5) is 0 Å². The Morgan fingerprint density at radius 3 is 2.50 bits per heavy atom. The van der Waals surface area contributed by atoms with Gasteiger partial charge in [0.15, 0.2) is 5.43 Å². The number of benzene rings is 2. The molecule has 3 rings (SSSR count). The van der Waals surface area contributed by atoms with Gasteiger partial charge < -0.3 is 4.42 Å². The molecular formula is C20H20O2. The second kappa shape index (κ2) is 6.61. The predicted molar refractivity (Wildman–Crippen MR) is 91.1 cm³/mol. The zero-order chi connectivity index (χ0) is 15.4. The van der Waals surface area contributed by atoms with Crippen LogP contribution in [0.3, 0.4) is 0 Å². The molecule has 0 unspecified atom stereocenters. The van der Waals surface area contributed by atoms with Crippen molar-refractivity contribution in [1.82, 2.24) is 0 Å². The second-order valence-electron chi connectivity index (χ2n) is 5.63. The van der Waals surface area contributed by atoms with Gasteiger partial charge in [-0.15, -0.1) is 0 Å². The third kappa shape index (κ3) is 3.11. The fourth-order valence-electron chi connectivity index (χ4n) is 2.66. The van der Waals surface area contributed by atoms with Gasteiger partial charge in [0.1, 0.15) is 11.3 Å². The second-order valence-corrected chi connectivity index (χ2v) is 5.63. The fraction of sp³-hybridized carbons (Fsp3) is 0.250. The minimum absolute atomic E-state index is 0.00359. The Hall–Kier alpha value is -2.35. The summed E-state index contributed by atoms with van der Waals surface area (Å²) in [6.07, 6.45) is 4.83. The van der Waals surface area contributed by atoms with Gasteiger partial charge in [0.05, 0.1) is 5.39 Å². The van der Waals surface area contributed by atoms with Crippen LogP contribution in [-0.2, 0) is 6.42 Å². The van der Waals surface area contributed by atoms with E-state index in [1.54, 1.807) is 12.1 Å². The Morgan fingerprint density at radius 2 is 1.73 bits per heavy atom. The number of hydrogen-bond acceptors (Lipinski definition) is 2. The van der Waals surface area contributed by atoms with E-state index in [4.69, 9.17) is 4.42 Å². The number of aryl methyl sites for hydroxylation is 1. The van der Waals surface area contributed by atoms with E-state index in [9.17, 15) is 4.79 Å². The third-order valence-corrected chi connectivity index (χ3v) is 3.94. The lowest BCUT2D eigenvalue weighted by Crippen LogP contribution is -1.99. The zero-order valence-electron chi connectivity index (χ0n) is 12.8. The van der Waals surface area contributed by atoms with Crippen LogP contribution in [0.5, 0.6) is 0 Å². The van der Waals surface area contributed by atoms with Crippen molar-refractivity contribution >= 4 is 11.0 Å². The SMILES string of the molecule is CCCCCc1ccc(-c2cc(=O)c3ccccc3o2)cc1. The highest BCUT2D eigenvalue weighted by atomic mass is 16.3. The van der Waals surface area contributed by atoms with Crippen LogP contribution in [0.25, 0.3) is 22.3 Å². The molecule has 2 aromatic carbocycles. The van der Waals surface area contributed by atoms with Crippen LogP contribution in [0.1, 0.15) is 31.7 Å². The normalized spacial score (nSPS) is 11.0. The summed E-state index contributed by atoms with van der Waals surface area (Å²) in [6.45, 7) is 2.21. The molecular weight excluding hydrogens is 272 g/mol. The average molecular weight is 292 g/mol. The maximum absolute atomic E-state index is 12.2. The molecule has 1 heterocycles. The largest absolute Gasteiger partial charge is 0.456 e. The van der Waals surface area contributed by atoms with Crippen molar-refractivity contribution < 1.29 is 4.42 Å². The maximum atomic E-state index is 12.2. The van der Waals surface area contributed by atoms with E-state index in [2.05, 4.69) is 19.1 Å². The molecule has 0 spiro atoms. The Kier molecular flexibility index (Phi) is 4.38. The molecule has 1 aromatic heterocycles. The Labute approximate surface area is 130 Å². The molecule has 0 aliphatic rings. The highest BCUT2D eigenvalue weighted by Crippen LogP contribution is 2.22. The molecule has 112 valence electrons. The first-order valence-corrected chi connectivity index (χ1v) is 7.90. The van der Waals surface area contributed by atoms with E-state index in [1.165, 1.54) is 24.8 Å². The minimum Gasteiger partial charge on any atom is -0.456 e. The molecule has 2 nitrogen and oxygen atoms in total. The lowest BCUT2D eigenvalue weighted by atomic mass is 10.0. The molecule has 0 aliphatic heterocycles. The van der Waals surface area contributed by atoms with Crippen molar-refractivity contribution in [1.29, 1.82) is 0 Å². The van der Waals surface area contributed by atoms with Crippen LogP contribution < -0.4 is 5.43 Å². The number of fused-ring (bicyclic) bond motifs is 1. The fourth-order valence-corrected chi connectivity index (χ4v) is 2.66. The van der Waals surface area contributed by atoms with Crippen molar-refractivity contribution in [2.24, 2.45) is 0 Å². The van der Waals surface area contributed by atoms with Gasteiger partial charge in [0, 0.05) is 11.6 Å². The lowest BCUT2D eigenvalue weighted by molar-refractivity contribution is 0.619. The van der Waals surface area contributed by atoms with Crippen LogP contribution in [0.2, 0.25) is 0 Å². The molecule has 0 fully saturated rings. The zero-order valence-corrected chi connectivity index (χ0v) is 12.8. The number of para-hydroxylation sites is 1. The molecule has 0 N–H and O–H groups in total. The number of hydrogen-bond donors (Lipinski definition) is 0. The summed E-state index contributed by atoms with van der Waals surface area (Å²) in [5.74, 6) is 0.629. The summed E-state index contributed by atoms with van der Waals surface area (Å²) in [7, 11) is 0. The van der Waals surface area contributed by atoms with Crippen LogP contribution in [0.15, 0.2) is 63.8 Å². The first kappa shape index (κ1) is 14.6.